The van der Waals surface area contributed by atoms with Gasteiger partial charge in [0, 0.05) is 0 Å². The summed E-state index contributed by atoms with van der Waals surface area (Å²) in [5, 5.41) is 51.9. The summed E-state index contributed by atoms with van der Waals surface area (Å²) in [6.07, 6.45) is -2.66. The van der Waals surface area contributed by atoms with Crippen LogP contribution in [0.3, 0.4) is 0 Å². The lowest BCUT2D eigenvalue weighted by atomic mass is 10.1. The molecule has 3 amide bonds. The van der Waals surface area contributed by atoms with E-state index in [-0.39, 0.29) is 0 Å². The number of nitrogens with two attached hydrogens (primary N) is 1. The monoisotopic (exact) mass is 394 g/mol. The summed E-state index contributed by atoms with van der Waals surface area (Å²) in [5.74, 6) is -4.65. The molecule has 13 heteroatoms. The van der Waals surface area contributed by atoms with Crippen molar-refractivity contribution in [1.82, 2.24) is 16.0 Å². The van der Waals surface area contributed by atoms with E-state index in [0.717, 1.165) is 0 Å². The molecule has 0 spiro atoms. The number of aliphatic hydroxyl groups is 4. The number of amides is 3. The predicted octanol–water partition coefficient (Wildman–Crippen LogP) is -5.40. The first kappa shape index (κ1) is 24.7. The van der Waals surface area contributed by atoms with Gasteiger partial charge >= 0.3 is 5.97 Å². The SMILES string of the molecule is CC(O)C(N)C(=O)NC(C(=O)NC(CO)C(=O)NC(CO)C(=O)O)C(C)O. The molecular formula is C14H26N4O9. The summed E-state index contributed by atoms with van der Waals surface area (Å²) >= 11 is 0. The minimum atomic E-state index is -1.65. The van der Waals surface area contributed by atoms with Crippen molar-refractivity contribution in [3.8, 4) is 0 Å². The van der Waals surface area contributed by atoms with Crippen LogP contribution >= 0.6 is 0 Å². The van der Waals surface area contributed by atoms with E-state index in [1.165, 1.54) is 13.8 Å². The third-order valence-electron chi connectivity index (χ3n) is 3.50. The number of carbonyl (C=O) groups is 4. The Kier molecular flexibility index (Phi) is 10.4. The molecule has 10 N–H and O–H groups in total. The Balaban J connectivity index is 5.10. The van der Waals surface area contributed by atoms with Gasteiger partial charge in [-0.3, -0.25) is 14.4 Å². The van der Waals surface area contributed by atoms with E-state index >= 15 is 0 Å². The molecule has 0 rings (SSSR count). The molecule has 6 atom stereocenters. The Morgan fingerprint density at radius 1 is 0.815 bits per heavy atom. The fraction of sp³-hybridized carbons (Fsp3) is 0.714. The molecule has 0 saturated carbocycles. The van der Waals surface area contributed by atoms with Gasteiger partial charge in [-0.25, -0.2) is 4.79 Å². The molecule has 156 valence electrons. The highest BCUT2D eigenvalue weighted by Crippen LogP contribution is 1.98. The number of hydrogen-bond acceptors (Lipinski definition) is 9. The van der Waals surface area contributed by atoms with Gasteiger partial charge < -0.3 is 47.2 Å². The molecule has 0 radical (unpaired) electrons. The standard InChI is InChI=1S/C14H26N4O9/c1-5(21)9(15)12(24)18-10(6(2)22)13(25)16-7(3-19)11(23)17-8(4-20)14(26)27/h5-10,19-22H,3-4,15H2,1-2H3,(H,16,25)(H,17,23)(H,18,24)(H,26,27). The maximum absolute atomic E-state index is 12.2. The Morgan fingerprint density at radius 3 is 1.67 bits per heavy atom. The highest BCUT2D eigenvalue weighted by molar-refractivity contribution is 5.94. The van der Waals surface area contributed by atoms with Gasteiger partial charge in [-0.1, -0.05) is 0 Å². The molecule has 0 aliphatic carbocycles. The molecule has 0 fully saturated rings. The van der Waals surface area contributed by atoms with E-state index in [2.05, 4.69) is 5.32 Å². The van der Waals surface area contributed by atoms with E-state index in [1.54, 1.807) is 0 Å². The maximum Gasteiger partial charge on any atom is 0.328 e. The summed E-state index contributed by atoms with van der Waals surface area (Å²) in [5.41, 5.74) is 5.42. The highest BCUT2D eigenvalue weighted by atomic mass is 16.4. The number of nitrogens with one attached hydrogen (secondary N) is 3. The Hall–Kier alpha value is -2.32. The van der Waals surface area contributed by atoms with Crippen molar-refractivity contribution < 1.29 is 44.7 Å². The minimum absolute atomic E-state index is 0.920. The zero-order chi connectivity index (χ0) is 21.3. The first-order valence-corrected chi connectivity index (χ1v) is 7.93. The number of aliphatic hydroxyl groups excluding tert-OH is 4. The van der Waals surface area contributed by atoms with Crippen molar-refractivity contribution in [3.05, 3.63) is 0 Å². The van der Waals surface area contributed by atoms with Gasteiger partial charge in [0.05, 0.1) is 25.4 Å². The summed E-state index contributed by atoms with van der Waals surface area (Å²) in [6, 6.07) is -6.22. The molecule has 27 heavy (non-hydrogen) atoms. The third-order valence-corrected chi connectivity index (χ3v) is 3.50. The smallest absolute Gasteiger partial charge is 0.328 e. The summed E-state index contributed by atoms with van der Waals surface area (Å²) < 4.78 is 0. The van der Waals surface area contributed by atoms with E-state index in [9.17, 15) is 34.5 Å². The van der Waals surface area contributed by atoms with Crippen LogP contribution in [0.5, 0.6) is 0 Å². The van der Waals surface area contributed by atoms with Crippen molar-refractivity contribution in [2.45, 2.75) is 50.2 Å². The molecule has 0 aromatic rings. The summed E-state index contributed by atoms with van der Waals surface area (Å²) in [7, 11) is 0. The zero-order valence-corrected chi connectivity index (χ0v) is 14.8. The second-order valence-corrected chi connectivity index (χ2v) is 5.82. The lowest BCUT2D eigenvalue weighted by Crippen LogP contribution is -2.61. The molecule has 0 aliphatic rings. The second-order valence-electron chi connectivity index (χ2n) is 5.82. The molecular weight excluding hydrogens is 368 g/mol. The van der Waals surface area contributed by atoms with Crippen molar-refractivity contribution in [2.24, 2.45) is 5.73 Å². The topological polar surface area (TPSA) is 232 Å². The van der Waals surface area contributed by atoms with Crippen LogP contribution in [0.1, 0.15) is 13.8 Å². The molecule has 13 nitrogen and oxygen atoms in total. The molecule has 6 unspecified atom stereocenters. The van der Waals surface area contributed by atoms with Gasteiger partial charge in [-0.05, 0) is 13.8 Å². The maximum atomic E-state index is 12.2. The average molecular weight is 394 g/mol. The fourth-order valence-corrected chi connectivity index (χ4v) is 1.79. The molecule has 0 aromatic carbocycles. The first-order valence-electron chi connectivity index (χ1n) is 7.93. The van der Waals surface area contributed by atoms with Gasteiger partial charge in [0.2, 0.25) is 17.7 Å². The number of carboxylic acid groups (broad SMARTS) is 1. The van der Waals surface area contributed by atoms with Crippen LogP contribution in [0.2, 0.25) is 0 Å². The van der Waals surface area contributed by atoms with E-state index in [1.807, 2.05) is 10.6 Å². The van der Waals surface area contributed by atoms with E-state index in [0.29, 0.717) is 0 Å². The van der Waals surface area contributed by atoms with Crippen molar-refractivity contribution >= 4 is 23.7 Å². The lowest BCUT2D eigenvalue weighted by Gasteiger charge is -2.26. The molecule has 0 bridgehead atoms. The van der Waals surface area contributed by atoms with Crippen LogP contribution < -0.4 is 21.7 Å². The number of carbonyl (C=O) groups excluding carboxylic acids is 3. The number of hydrogen-bond donors (Lipinski definition) is 9. The highest BCUT2D eigenvalue weighted by Gasteiger charge is 2.32. The first-order chi connectivity index (χ1) is 12.5. The van der Waals surface area contributed by atoms with Gasteiger partial charge in [-0.15, -0.1) is 0 Å². The fourth-order valence-electron chi connectivity index (χ4n) is 1.79. The Labute approximate surface area is 154 Å². The largest absolute Gasteiger partial charge is 0.480 e. The third kappa shape index (κ3) is 7.84. The molecule has 0 saturated heterocycles. The van der Waals surface area contributed by atoms with E-state index in [4.69, 9.17) is 15.9 Å². The van der Waals surface area contributed by atoms with Crippen LogP contribution in [0.15, 0.2) is 0 Å². The lowest BCUT2D eigenvalue weighted by molar-refractivity contribution is -0.143. The number of rotatable bonds is 11. The number of carboxylic acids is 1. The van der Waals surface area contributed by atoms with Crippen LogP contribution in [0.25, 0.3) is 0 Å². The molecule has 0 aromatic heterocycles. The zero-order valence-electron chi connectivity index (χ0n) is 14.8. The van der Waals surface area contributed by atoms with Gasteiger partial charge in [-0.2, -0.15) is 0 Å². The van der Waals surface area contributed by atoms with Crippen molar-refractivity contribution in [3.63, 3.8) is 0 Å². The Morgan fingerprint density at radius 2 is 1.30 bits per heavy atom. The minimum Gasteiger partial charge on any atom is -0.480 e. The normalized spacial score (nSPS) is 17.6. The Bertz CT molecular complexity index is 541. The molecule has 0 heterocycles. The van der Waals surface area contributed by atoms with Crippen LogP contribution in [0, 0.1) is 0 Å². The van der Waals surface area contributed by atoms with E-state index < -0.39 is 73.3 Å². The summed E-state index contributed by atoms with van der Waals surface area (Å²) in [4.78, 5) is 46.8. The molecule has 0 aliphatic heterocycles. The second kappa shape index (κ2) is 11.4. The van der Waals surface area contributed by atoms with Crippen molar-refractivity contribution in [2.75, 3.05) is 13.2 Å². The summed E-state index contributed by atoms with van der Waals surface area (Å²) in [6.45, 7) is 0.562. The van der Waals surface area contributed by atoms with Crippen LogP contribution in [0.4, 0.5) is 0 Å². The average Bonchev–Trinajstić information content (AvgIpc) is 2.59. The van der Waals surface area contributed by atoms with Crippen molar-refractivity contribution in [1.29, 1.82) is 0 Å². The van der Waals surface area contributed by atoms with Crippen LogP contribution in [-0.2, 0) is 19.2 Å². The predicted molar refractivity (Wildman–Crippen MR) is 88.9 cm³/mol. The van der Waals surface area contributed by atoms with Gasteiger partial charge in [0.1, 0.15) is 24.2 Å². The quantitative estimate of drug-likeness (QED) is 0.161. The van der Waals surface area contributed by atoms with Gasteiger partial charge in [0.15, 0.2) is 0 Å². The van der Waals surface area contributed by atoms with Crippen LogP contribution in [-0.4, -0.2) is 98.8 Å². The van der Waals surface area contributed by atoms with Gasteiger partial charge in [0.25, 0.3) is 0 Å². The number of aliphatic carboxylic acids is 1.